The molecule has 0 aliphatic rings. The highest BCUT2D eigenvalue weighted by Crippen LogP contribution is 2.43. The van der Waals surface area contributed by atoms with Gasteiger partial charge in [0.15, 0.2) is 11.5 Å². The number of allylic oxidation sites excluding steroid dienone is 2. The highest BCUT2D eigenvalue weighted by molar-refractivity contribution is 7.04. The minimum absolute atomic E-state index is 0.572. The zero-order valence-electron chi connectivity index (χ0n) is 20.1. The molecule has 0 bridgehead atoms. The van der Waals surface area contributed by atoms with Crippen molar-refractivity contribution in [2.75, 3.05) is 27.9 Å². The molecule has 6 heteroatoms. The average Bonchev–Trinajstić information content (AvgIpc) is 3.35. The van der Waals surface area contributed by atoms with Gasteiger partial charge in [-0.3, -0.25) is 4.99 Å². The van der Waals surface area contributed by atoms with E-state index in [-0.39, 0.29) is 0 Å². The Balaban J connectivity index is 0.00000187. The molecule has 0 fully saturated rings. The normalized spacial score (nSPS) is 11.1. The van der Waals surface area contributed by atoms with Gasteiger partial charge in [-0.15, -0.1) is 13.2 Å². The molecule has 0 unspecified atom stereocenters. The highest BCUT2D eigenvalue weighted by atomic mass is 32.1. The van der Waals surface area contributed by atoms with Crippen molar-refractivity contribution in [3.05, 3.63) is 72.1 Å². The number of aliphatic imine (C=N–C) groups is 1. The molecule has 1 aromatic heterocycles. The van der Waals surface area contributed by atoms with E-state index in [0.29, 0.717) is 17.2 Å². The number of aromatic nitrogens is 1. The molecule has 33 heavy (non-hydrogen) atoms. The van der Waals surface area contributed by atoms with E-state index in [2.05, 4.69) is 65.2 Å². The lowest BCUT2D eigenvalue weighted by molar-refractivity contribution is 0.324. The third-order valence-electron chi connectivity index (χ3n) is 4.90. The molecule has 3 aromatic rings. The first kappa shape index (κ1) is 25.9. The van der Waals surface area contributed by atoms with E-state index in [9.17, 15) is 0 Å². The molecule has 2 aromatic carbocycles. The van der Waals surface area contributed by atoms with Gasteiger partial charge in [-0.05, 0) is 61.1 Å². The first-order valence-corrected chi connectivity index (χ1v) is 11.4. The topological polar surface area (TPSA) is 52.9 Å². The van der Waals surface area contributed by atoms with Crippen LogP contribution >= 0.6 is 11.5 Å². The Bertz CT molecular complexity index is 1060. The van der Waals surface area contributed by atoms with Crippen LogP contribution in [0.5, 0.6) is 17.2 Å². The Kier molecular flexibility index (Phi) is 10.4. The smallest absolute Gasteiger partial charge is 0.203 e. The summed E-state index contributed by atoms with van der Waals surface area (Å²) in [6, 6.07) is 12.5. The summed E-state index contributed by atoms with van der Waals surface area (Å²) in [5.41, 5.74) is 6.55. The van der Waals surface area contributed by atoms with Gasteiger partial charge < -0.3 is 14.2 Å². The number of rotatable bonds is 9. The Morgan fingerprint density at radius 3 is 2.18 bits per heavy atom. The lowest BCUT2D eigenvalue weighted by atomic mass is 9.98. The Labute approximate surface area is 201 Å². The van der Waals surface area contributed by atoms with Gasteiger partial charge in [0, 0.05) is 29.3 Å². The van der Waals surface area contributed by atoms with Crippen LogP contribution in [-0.2, 0) is 6.42 Å². The third kappa shape index (κ3) is 6.56. The summed E-state index contributed by atoms with van der Waals surface area (Å²) in [5, 5.41) is 2.07. The molecule has 174 valence electrons. The number of benzene rings is 2. The van der Waals surface area contributed by atoms with Crippen molar-refractivity contribution < 1.29 is 14.2 Å². The molecule has 0 aliphatic carbocycles. The summed E-state index contributed by atoms with van der Waals surface area (Å²) in [7, 11) is 4.84. The van der Waals surface area contributed by atoms with Crippen molar-refractivity contribution in [2.45, 2.75) is 20.3 Å². The minimum Gasteiger partial charge on any atom is -0.493 e. The SMILES string of the molecule is C=C.CCN=C/C=C(\C)Cc1ccc(-c2csnc2-c2cc(OC)c(OC)c(OC)c2)cc1. The van der Waals surface area contributed by atoms with Crippen LogP contribution < -0.4 is 14.2 Å². The zero-order chi connectivity index (χ0) is 24.2. The summed E-state index contributed by atoms with van der Waals surface area (Å²) in [6.45, 7) is 11.0. The number of nitrogens with zero attached hydrogens (tertiary/aromatic N) is 2. The number of ether oxygens (including phenoxy) is 3. The quantitative estimate of drug-likeness (QED) is 0.256. The van der Waals surface area contributed by atoms with E-state index >= 15 is 0 Å². The lowest BCUT2D eigenvalue weighted by Gasteiger charge is -2.14. The van der Waals surface area contributed by atoms with Crippen molar-refractivity contribution in [3.8, 4) is 39.6 Å². The molecule has 0 amide bonds. The maximum Gasteiger partial charge on any atom is 0.203 e. The molecule has 0 spiro atoms. The van der Waals surface area contributed by atoms with E-state index in [1.165, 1.54) is 22.7 Å². The largest absolute Gasteiger partial charge is 0.493 e. The minimum atomic E-state index is 0.572. The van der Waals surface area contributed by atoms with Crippen molar-refractivity contribution in [3.63, 3.8) is 0 Å². The van der Waals surface area contributed by atoms with Crippen LogP contribution in [0.1, 0.15) is 19.4 Å². The fourth-order valence-corrected chi connectivity index (χ4v) is 4.05. The molecule has 1 heterocycles. The van der Waals surface area contributed by atoms with Crippen molar-refractivity contribution in [2.24, 2.45) is 4.99 Å². The van der Waals surface area contributed by atoms with E-state index in [1.54, 1.807) is 21.3 Å². The van der Waals surface area contributed by atoms with Crippen molar-refractivity contribution >= 4 is 17.7 Å². The van der Waals surface area contributed by atoms with Crippen LogP contribution in [0.4, 0.5) is 0 Å². The summed E-state index contributed by atoms with van der Waals surface area (Å²) < 4.78 is 21.1. The van der Waals surface area contributed by atoms with E-state index in [1.807, 2.05) is 25.3 Å². The first-order chi connectivity index (χ1) is 16.1. The van der Waals surface area contributed by atoms with Gasteiger partial charge in [0.1, 0.15) is 0 Å². The number of hydrogen-bond donors (Lipinski definition) is 0. The third-order valence-corrected chi connectivity index (χ3v) is 5.53. The van der Waals surface area contributed by atoms with Gasteiger partial charge in [0.2, 0.25) is 5.75 Å². The molecule has 0 saturated heterocycles. The fourth-order valence-electron chi connectivity index (χ4n) is 3.34. The monoisotopic (exact) mass is 464 g/mol. The number of methoxy groups -OCH3 is 3. The molecule has 0 saturated carbocycles. The summed E-state index contributed by atoms with van der Waals surface area (Å²) in [4.78, 5) is 4.24. The van der Waals surface area contributed by atoms with E-state index < -0.39 is 0 Å². The summed E-state index contributed by atoms with van der Waals surface area (Å²) in [5.74, 6) is 1.79. The molecule has 3 rings (SSSR count). The first-order valence-electron chi connectivity index (χ1n) is 10.6. The zero-order valence-corrected chi connectivity index (χ0v) is 20.9. The van der Waals surface area contributed by atoms with Gasteiger partial charge in [-0.1, -0.05) is 29.8 Å². The van der Waals surface area contributed by atoms with Gasteiger partial charge in [0.25, 0.3) is 0 Å². The van der Waals surface area contributed by atoms with Crippen LogP contribution in [0, 0.1) is 0 Å². The van der Waals surface area contributed by atoms with Gasteiger partial charge in [-0.2, -0.15) is 4.37 Å². The maximum absolute atomic E-state index is 5.51. The van der Waals surface area contributed by atoms with E-state index in [4.69, 9.17) is 14.2 Å². The average molecular weight is 465 g/mol. The molecule has 0 radical (unpaired) electrons. The van der Waals surface area contributed by atoms with E-state index in [0.717, 1.165) is 35.3 Å². The highest BCUT2D eigenvalue weighted by Gasteiger charge is 2.18. The van der Waals surface area contributed by atoms with Crippen molar-refractivity contribution in [1.82, 2.24) is 4.37 Å². The van der Waals surface area contributed by atoms with Crippen molar-refractivity contribution in [1.29, 1.82) is 0 Å². The molecular formula is C27H32N2O3S. The van der Waals surface area contributed by atoms with Crippen LogP contribution in [-0.4, -0.2) is 38.5 Å². The Morgan fingerprint density at radius 1 is 1.00 bits per heavy atom. The van der Waals surface area contributed by atoms with Crippen LogP contribution in [0.3, 0.4) is 0 Å². The van der Waals surface area contributed by atoms with Gasteiger partial charge in [-0.25, -0.2) is 0 Å². The standard InChI is InChI=1S/C25H28N2O3S.C2H4/c1-6-26-12-11-17(2)13-18-7-9-19(10-8-18)21-16-31-27-24(21)20-14-22(28-3)25(30-5)23(15-20)29-4;1-2/h7-12,14-16H,6,13H2,1-5H3;1-2H2/b17-11+,26-12?;. The molecular weight excluding hydrogens is 432 g/mol. The molecule has 0 atom stereocenters. The van der Waals surface area contributed by atoms with Crippen LogP contribution in [0.15, 0.2) is 71.6 Å². The molecule has 0 aliphatic heterocycles. The fraction of sp³-hybridized carbons (Fsp3) is 0.259. The predicted octanol–water partition coefficient (Wildman–Crippen LogP) is 6.88. The predicted molar refractivity (Wildman–Crippen MR) is 140 cm³/mol. The Morgan fingerprint density at radius 2 is 1.64 bits per heavy atom. The maximum atomic E-state index is 5.51. The summed E-state index contributed by atoms with van der Waals surface area (Å²) in [6.07, 6.45) is 4.85. The second-order valence-corrected chi connectivity index (χ2v) is 7.65. The second-order valence-electron chi connectivity index (χ2n) is 7.03. The van der Waals surface area contributed by atoms with Crippen LogP contribution in [0.25, 0.3) is 22.4 Å². The van der Waals surface area contributed by atoms with Gasteiger partial charge in [0.05, 0.1) is 27.0 Å². The lowest BCUT2D eigenvalue weighted by Crippen LogP contribution is -1.96. The molecule has 5 nitrogen and oxygen atoms in total. The Hall–Kier alpha value is -3.38. The van der Waals surface area contributed by atoms with Gasteiger partial charge >= 0.3 is 0 Å². The summed E-state index contributed by atoms with van der Waals surface area (Å²) >= 11 is 1.43. The second kappa shape index (κ2) is 13.2. The van der Waals surface area contributed by atoms with Crippen LogP contribution in [0.2, 0.25) is 0 Å². The molecule has 0 N–H and O–H groups in total. The number of hydrogen-bond acceptors (Lipinski definition) is 6.